The predicted octanol–water partition coefficient (Wildman–Crippen LogP) is 0.367. The lowest BCUT2D eigenvalue weighted by Crippen LogP contribution is -2.09. The van der Waals surface area contributed by atoms with Gasteiger partial charge in [0, 0.05) is 13.1 Å². The largest absolute Gasteiger partial charge is 0.285 e. The molecule has 3 nitrogen and oxygen atoms in total. The van der Waals surface area contributed by atoms with E-state index in [0.717, 1.165) is 0 Å². The molecule has 0 aliphatic rings. The summed E-state index contributed by atoms with van der Waals surface area (Å²) in [5, 5.41) is 2.95. The molecule has 0 atom stereocenters. The summed E-state index contributed by atoms with van der Waals surface area (Å²) in [6.45, 7) is 0. The fraction of sp³-hybridized carbons (Fsp3) is 0.250. The van der Waals surface area contributed by atoms with Gasteiger partial charge in [-0.2, -0.15) is 0 Å². The maximum atomic E-state index is 10.5. The summed E-state index contributed by atoms with van der Waals surface area (Å²) < 4.78 is 1.31. The van der Waals surface area contributed by atoms with Crippen molar-refractivity contribution in [1.82, 2.24) is 9.78 Å². The second-order valence-electron chi connectivity index (χ2n) is 1.50. The van der Waals surface area contributed by atoms with Crippen LogP contribution >= 0.6 is 11.6 Å². The van der Waals surface area contributed by atoms with Crippen molar-refractivity contribution in [3.05, 3.63) is 21.6 Å². The SMILES string of the molecule is Cn1[nH]c(Cl)cc1=O. The van der Waals surface area contributed by atoms with E-state index in [-0.39, 0.29) is 5.56 Å². The Kier molecular flexibility index (Phi) is 1.13. The quantitative estimate of drug-likeness (QED) is 0.544. The van der Waals surface area contributed by atoms with Crippen molar-refractivity contribution >= 4 is 11.6 Å². The molecule has 44 valence electrons. The Hall–Kier alpha value is -0.700. The topological polar surface area (TPSA) is 37.8 Å². The maximum Gasteiger partial charge on any atom is 0.267 e. The molecule has 0 spiro atoms. The first-order valence-corrected chi connectivity index (χ1v) is 2.49. The summed E-state index contributed by atoms with van der Waals surface area (Å²) in [5.41, 5.74) is -0.116. The van der Waals surface area contributed by atoms with E-state index in [1.807, 2.05) is 0 Å². The van der Waals surface area contributed by atoms with Gasteiger partial charge >= 0.3 is 0 Å². The summed E-state index contributed by atoms with van der Waals surface area (Å²) in [6, 6.07) is 1.32. The number of nitrogens with one attached hydrogen (secondary N) is 1. The third-order valence-electron chi connectivity index (χ3n) is 0.855. The molecule has 0 aromatic carbocycles. The first-order valence-electron chi connectivity index (χ1n) is 2.11. The molecule has 0 aliphatic carbocycles. The molecule has 1 aromatic rings. The van der Waals surface area contributed by atoms with Gasteiger partial charge in [-0.25, -0.2) is 0 Å². The second-order valence-corrected chi connectivity index (χ2v) is 1.91. The second kappa shape index (κ2) is 1.67. The van der Waals surface area contributed by atoms with Crippen molar-refractivity contribution in [2.24, 2.45) is 7.05 Å². The van der Waals surface area contributed by atoms with E-state index in [0.29, 0.717) is 5.15 Å². The first-order chi connectivity index (χ1) is 3.70. The molecular weight excluding hydrogens is 128 g/mol. The molecule has 1 N–H and O–H groups in total. The lowest BCUT2D eigenvalue weighted by Gasteiger charge is -1.81. The molecule has 0 unspecified atom stereocenters. The number of H-pyrrole nitrogens is 1. The van der Waals surface area contributed by atoms with Crippen molar-refractivity contribution in [3.63, 3.8) is 0 Å². The van der Waals surface area contributed by atoms with Crippen molar-refractivity contribution in [2.45, 2.75) is 0 Å². The zero-order valence-corrected chi connectivity index (χ0v) is 5.07. The van der Waals surface area contributed by atoms with Crippen LogP contribution in [0.5, 0.6) is 0 Å². The average molecular weight is 133 g/mol. The molecule has 0 amide bonds. The number of halogens is 1. The number of aromatic amines is 1. The smallest absolute Gasteiger partial charge is 0.267 e. The minimum absolute atomic E-state index is 0.116. The summed E-state index contributed by atoms with van der Waals surface area (Å²) in [4.78, 5) is 10.5. The van der Waals surface area contributed by atoms with Gasteiger partial charge in [-0.15, -0.1) is 0 Å². The van der Waals surface area contributed by atoms with Crippen LogP contribution in [0.3, 0.4) is 0 Å². The van der Waals surface area contributed by atoms with E-state index in [2.05, 4.69) is 5.10 Å². The Balaban J connectivity index is 3.35. The summed E-state index contributed by atoms with van der Waals surface area (Å²) >= 11 is 5.39. The molecule has 0 bridgehead atoms. The summed E-state index contributed by atoms with van der Waals surface area (Å²) in [7, 11) is 1.61. The molecule has 4 heteroatoms. The highest BCUT2D eigenvalue weighted by Crippen LogP contribution is 1.94. The molecule has 0 fully saturated rings. The third kappa shape index (κ3) is 0.767. The van der Waals surface area contributed by atoms with Gasteiger partial charge in [-0.05, 0) is 0 Å². The van der Waals surface area contributed by atoms with Gasteiger partial charge in [0.05, 0.1) is 0 Å². The van der Waals surface area contributed by atoms with E-state index in [1.165, 1.54) is 10.7 Å². The number of aromatic nitrogens is 2. The van der Waals surface area contributed by atoms with Crippen LogP contribution in [0.1, 0.15) is 0 Å². The van der Waals surface area contributed by atoms with Crippen molar-refractivity contribution in [2.75, 3.05) is 0 Å². The summed E-state index contributed by atoms with van der Waals surface area (Å²) in [5.74, 6) is 0. The Morgan fingerprint density at radius 3 is 2.62 bits per heavy atom. The van der Waals surface area contributed by atoms with Crippen LogP contribution in [0, 0.1) is 0 Å². The first kappa shape index (κ1) is 5.44. The third-order valence-corrected chi connectivity index (χ3v) is 1.05. The monoisotopic (exact) mass is 132 g/mol. The van der Waals surface area contributed by atoms with Gasteiger partial charge in [0.2, 0.25) is 0 Å². The Morgan fingerprint density at radius 2 is 2.50 bits per heavy atom. The van der Waals surface area contributed by atoms with Crippen LogP contribution in [0.2, 0.25) is 5.15 Å². The van der Waals surface area contributed by atoms with E-state index >= 15 is 0 Å². The van der Waals surface area contributed by atoms with Crippen molar-refractivity contribution in [1.29, 1.82) is 0 Å². The van der Waals surface area contributed by atoms with Crippen LogP contribution in [-0.4, -0.2) is 9.78 Å². The molecule has 0 saturated heterocycles. The highest BCUT2D eigenvalue weighted by Gasteiger charge is 1.91. The molecule has 0 radical (unpaired) electrons. The average Bonchev–Trinajstić information content (AvgIpc) is 1.85. The molecule has 8 heavy (non-hydrogen) atoms. The van der Waals surface area contributed by atoms with Gasteiger partial charge < -0.3 is 0 Å². The fourth-order valence-corrected chi connectivity index (χ4v) is 0.673. The van der Waals surface area contributed by atoms with Crippen molar-refractivity contribution in [3.8, 4) is 0 Å². The molecule has 1 rings (SSSR count). The number of rotatable bonds is 0. The van der Waals surface area contributed by atoms with Crippen molar-refractivity contribution < 1.29 is 0 Å². The molecule has 1 aromatic heterocycles. The fourth-order valence-electron chi connectivity index (χ4n) is 0.453. The molecule has 0 aliphatic heterocycles. The minimum Gasteiger partial charge on any atom is -0.285 e. The highest BCUT2D eigenvalue weighted by atomic mass is 35.5. The lowest BCUT2D eigenvalue weighted by molar-refractivity contribution is 0.740. The van der Waals surface area contributed by atoms with Crippen LogP contribution in [-0.2, 0) is 7.05 Å². The standard InChI is InChI=1S/C4H5ClN2O/c1-7-4(8)2-3(5)6-7/h2,6H,1H3. The Morgan fingerprint density at radius 1 is 1.88 bits per heavy atom. The number of aryl methyl sites for hydroxylation is 1. The van der Waals surface area contributed by atoms with Gasteiger partial charge in [0.25, 0.3) is 5.56 Å². The van der Waals surface area contributed by atoms with Crippen LogP contribution in [0.25, 0.3) is 0 Å². The minimum atomic E-state index is -0.116. The van der Waals surface area contributed by atoms with Crippen LogP contribution in [0.4, 0.5) is 0 Å². The molecule has 1 heterocycles. The normalized spacial score (nSPS) is 9.75. The Labute approximate surface area is 50.9 Å². The van der Waals surface area contributed by atoms with Gasteiger partial charge in [-0.1, -0.05) is 11.6 Å². The number of nitrogens with zero attached hydrogens (tertiary/aromatic N) is 1. The number of hydrogen-bond donors (Lipinski definition) is 1. The molecule has 0 saturated carbocycles. The molecular formula is C4H5ClN2O. The maximum absolute atomic E-state index is 10.5. The summed E-state index contributed by atoms with van der Waals surface area (Å²) in [6.07, 6.45) is 0. The Bertz CT molecular complexity index is 236. The van der Waals surface area contributed by atoms with E-state index in [1.54, 1.807) is 7.05 Å². The van der Waals surface area contributed by atoms with E-state index < -0.39 is 0 Å². The number of hydrogen-bond acceptors (Lipinski definition) is 1. The van der Waals surface area contributed by atoms with Gasteiger partial charge in [-0.3, -0.25) is 14.6 Å². The van der Waals surface area contributed by atoms with Gasteiger partial charge in [0.15, 0.2) is 0 Å². The highest BCUT2D eigenvalue weighted by molar-refractivity contribution is 6.29. The zero-order valence-electron chi connectivity index (χ0n) is 4.31. The van der Waals surface area contributed by atoms with E-state index in [9.17, 15) is 4.79 Å². The van der Waals surface area contributed by atoms with Crippen LogP contribution < -0.4 is 5.56 Å². The lowest BCUT2D eigenvalue weighted by atomic mass is 10.7. The zero-order chi connectivity index (χ0) is 6.15. The van der Waals surface area contributed by atoms with Crippen LogP contribution in [0.15, 0.2) is 10.9 Å². The predicted molar refractivity (Wildman–Crippen MR) is 31.0 cm³/mol. The van der Waals surface area contributed by atoms with E-state index in [4.69, 9.17) is 11.6 Å². The van der Waals surface area contributed by atoms with Gasteiger partial charge in [0.1, 0.15) is 5.15 Å².